The van der Waals surface area contributed by atoms with Crippen molar-refractivity contribution in [1.82, 2.24) is 10.2 Å². The highest BCUT2D eigenvalue weighted by molar-refractivity contribution is 4.86. The van der Waals surface area contributed by atoms with Crippen LogP contribution in [0.25, 0.3) is 0 Å². The third-order valence-corrected chi connectivity index (χ3v) is 2.94. The Morgan fingerprint density at radius 1 is 1.47 bits per heavy atom. The van der Waals surface area contributed by atoms with Crippen LogP contribution < -0.4 is 5.32 Å². The average Bonchev–Trinajstić information content (AvgIpc) is 2.26. The summed E-state index contributed by atoms with van der Waals surface area (Å²) >= 11 is 0. The zero-order chi connectivity index (χ0) is 11.3. The van der Waals surface area contributed by atoms with Crippen molar-refractivity contribution >= 4 is 0 Å². The van der Waals surface area contributed by atoms with E-state index in [2.05, 4.69) is 31.0 Å². The molecule has 1 atom stereocenters. The van der Waals surface area contributed by atoms with Crippen LogP contribution in [-0.4, -0.2) is 50.3 Å². The summed E-state index contributed by atoms with van der Waals surface area (Å²) in [7, 11) is 1.77. The lowest BCUT2D eigenvalue weighted by molar-refractivity contribution is 0.160. The molecule has 0 aliphatic carbocycles. The fourth-order valence-corrected chi connectivity index (χ4v) is 2.24. The minimum absolute atomic E-state index is 0.248. The Bertz CT molecular complexity index is 182. The molecular weight excluding hydrogens is 188 g/mol. The molecule has 3 nitrogen and oxygen atoms in total. The van der Waals surface area contributed by atoms with Gasteiger partial charge in [0.15, 0.2) is 0 Å². The summed E-state index contributed by atoms with van der Waals surface area (Å²) in [6.45, 7) is 12.4. The molecular formula is C12H26N2O. The molecule has 1 fully saturated rings. The SMILES string of the molecule is COCCCN1CC(C)CNC(C)(C)C1. The molecule has 0 aromatic rings. The number of ether oxygens (including phenoxy) is 1. The summed E-state index contributed by atoms with van der Waals surface area (Å²) in [6, 6.07) is 0. The van der Waals surface area contributed by atoms with Crippen LogP contribution in [-0.2, 0) is 4.74 Å². The van der Waals surface area contributed by atoms with E-state index >= 15 is 0 Å². The van der Waals surface area contributed by atoms with Gasteiger partial charge in [0.2, 0.25) is 0 Å². The van der Waals surface area contributed by atoms with Gasteiger partial charge in [0.1, 0.15) is 0 Å². The van der Waals surface area contributed by atoms with Crippen molar-refractivity contribution < 1.29 is 4.74 Å². The van der Waals surface area contributed by atoms with Gasteiger partial charge in [0.25, 0.3) is 0 Å². The van der Waals surface area contributed by atoms with E-state index in [1.807, 2.05) is 0 Å². The maximum absolute atomic E-state index is 5.10. The molecule has 0 radical (unpaired) electrons. The predicted octanol–water partition coefficient (Wildman–Crippen LogP) is 1.34. The van der Waals surface area contributed by atoms with Crippen LogP contribution >= 0.6 is 0 Å². The third-order valence-electron chi connectivity index (χ3n) is 2.94. The maximum atomic E-state index is 5.10. The number of hydrogen-bond donors (Lipinski definition) is 1. The summed E-state index contributed by atoms with van der Waals surface area (Å²) in [5.41, 5.74) is 0.248. The van der Waals surface area contributed by atoms with Gasteiger partial charge in [0, 0.05) is 38.9 Å². The molecule has 90 valence electrons. The lowest BCUT2D eigenvalue weighted by Gasteiger charge is -2.30. The van der Waals surface area contributed by atoms with Crippen molar-refractivity contribution in [2.75, 3.05) is 39.9 Å². The topological polar surface area (TPSA) is 24.5 Å². The Labute approximate surface area is 94.2 Å². The first-order valence-corrected chi connectivity index (χ1v) is 6.00. The quantitative estimate of drug-likeness (QED) is 0.715. The molecule has 1 N–H and O–H groups in total. The number of methoxy groups -OCH3 is 1. The maximum Gasteiger partial charge on any atom is 0.0474 e. The second-order valence-electron chi connectivity index (χ2n) is 5.45. The van der Waals surface area contributed by atoms with Gasteiger partial charge >= 0.3 is 0 Å². The molecule has 1 unspecified atom stereocenters. The van der Waals surface area contributed by atoms with Crippen molar-refractivity contribution in [3.8, 4) is 0 Å². The minimum atomic E-state index is 0.248. The van der Waals surface area contributed by atoms with Crippen LogP contribution in [0, 0.1) is 5.92 Å². The Balaban J connectivity index is 2.39. The molecule has 0 spiro atoms. The Hall–Kier alpha value is -0.120. The molecule has 0 saturated carbocycles. The van der Waals surface area contributed by atoms with Crippen LogP contribution in [0.2, 0.25) is 0 Å². The van der Waals surface area contributed by atoms with Gasteiger partial charge in [-0.25, -0.2) is 0 Å². The smallest absolute Gasteiger partial charge is 0.0474 e. The van der Waals surface area contributed by atoms with Gasteiger partial charge in [-0.15, -0.1) is 0 Å². The Morgan fingerprint density at radius 3 is 2.87 bits per heavy atom. The second-order valence-corrected chi connectivity index (χ2v) is 5.45. The van der Waals surface area contributed by atoms with Crippen molar-refractivity contribution in [2.24, 2.45) is 5.92 Å². The van der Waals surface area contributed by atoms with Crippen molar-refractivity contribution in [2.45, 2.75) is 32.7 Å². The Kier molecular flexibility index (Phi) is 5.03. The number of rotatable bonds is 4. The highest BCUT2D eigenvalue weighted by Gasteiger charge is 2.26. The van der Waals surface area contributed by atoms with Gasteiger partial charge < -0.3 is 15.0 Å². The molecule has 1 aliphatic rings. The lowest BCUT2D eigenvalue weighted by Crippen LogP contribution is -2.46. The van der Waals surface area contributed by atoms with Crippen molar-refractivity contribution in [3.63, 3.8) is 0 Å². The van der Waals surface area contributed by atoms with Crippen molar-refractivity contribution in [3.05, 3.63) is 0 Å². The summed E-state index contributed by atoms with van der Waals surface area (Å²) in [4.78, 5) is 2.56. The molecule has 1 saturated heterocycles. The van der Waals surface area contributed by atoms with E-state index in [9.17, 15) is 0 Å². The fourth-order valence-electron chi connectivity index (χ4n) is 2.24. The normalized spacial score (nSPS) is 27.6. The van der Waals surface area contributed by atoms with E-state index < -0.39 is 0 Å². The first-order chi connectivity index (χ1) is 7.03. The summed E-state index contributed by atoms with van der Waals surface area (Å²) in [5.74, 6) is 0.745. The van der Waals surface area contributed by atoms with Gasteiger partial charge in [-0.2, -0.15) is 0 Å². The highest BCUT2D eigenvalue weighted by atomic mass is 16.5. The standard InChI is InChI=1S/C12H26N2O/c1-11-8-13-12(2,3)10-14(9-11)6-5-7-15-4/h11,13H,5-10H2,1-4H3. The molecule has 1 rings (SSSR count). The highest BCUT2D eigenvalue weighted by Crippen LogP contribution is 2.13. The van der Waals surface area contributed by atoms with E-state index in [1.165, 1.54) is 6.54 Å². The largest absolute Gasteiger partial charge is 0.385 e. The molecule has 1 heterocycles. The first kappa shape index (κ1) is 12.9. The predicted molar refractivity (Wildman–Crippen MR) is 64.2 cm³/mol. The minimum Gasteiger partial charge on any atom is -0.385 e. The van der Waals surface area contributed by atoms with Crippen molar-refractivity contribution in [1.29, 1.82) is 0 Å². The summed E-state index contributed by atoms with van der Waals surface area (Å²) in [5, 5.41) is 3.62. The fraction of sp³-hybridized carbons (Fsp3) is 1.00. The number of hydrogen-bond acceptors (Lipinski definition) is 3. The van der Waals surface area contributed by atoms with E-state index in [0.29, 0.717) is 0 Å². The zero-order valence-corrected chi connectivity index (χ0v) is 10.7. The van der Waals surface area contributed by atoms with Gasteiger partial charge in [-0.05, 0) is 32.7 Å². The summed E-state index contributed by atoms with van der Waals surface area (Å²) in [6.07, 6.45) is 1.14. The average molecular weight is 214 g/mol. The van der Waals surface area contributed by atoms with E-state index in [0.717, 1.165) is 38.6 Å². The third kappa shape index (κ3) is 4.96. The van der Waals surface area contributed by atoms with Crippen LogP contribution in [0.3, 0.4) is 0 Å². The molecule has 15 heavy (non-hydrogen) atoms. The number of nitrogens with one attached hydrogen (secondary N) is 1. The molecule has 0 aromatic heterocycles. The summed E-state index contributed by atoms with van der Waals surface area (Å²) < 4.78 is 5.10. The molecule has 1 aliphatic heterocycles. The zero-order valence-electron chi connectivity index (χ0n) is 10.7. The first-order valence-electron chi connectivity index (χ1n) is 6.00. The number of nitrogens with zero attached hydrogens (tertiary/aromatic N) is 1. The second kappa shape index (κ2) is 5.83. The van der Waals surface area contributed by atoms with E-state index in [1.54, 1.807) is 7.11 Å². The van der Waals surface area contributed by atoms with Crippen LogP contribution in [0.15, 0.2) is 0 Å². The molecule has 0 amide bonds. The van der Waals surface area contributed by atoms with Gasteiger partial charge in [0.05, 0.1) is 0 Å². The van der Waals surface area contributed by atoms with E-state index in [4.69, 9.17) is 4.74 Å². The van der Waals surface area contributed by atoms with Crippen LogP contribution in [0.4, 0.5) is 0 Å². The lowest BCUT2D eigenvalue weighted by atomic mass is 10.1. The van der Waals surface area contributed by atoms with Crippen LogP contribution in [0.1, 0.15) is 27.2 Å². The molecule has 3 heteroatoms. The molecule has 0 aromatic carbocycles. The monoisotopic (exact) mass is 214 g/mol. The Morgan fingerprint density at radius 2 is 2.20 bits per heavy atom. The molecule has 0 bridgehead atoms. The van der Waals surface area contributed by atoms with Gasteiger partial charge in [-0.3, -0.25) is 0 Å². The van der Waals surface area contributed by atoms with Gasteiger partial charge in [-0.1, -0.05) is 6.92 Å². The van der Waals surface area contributed by atoms with E-state index in [-0.39, 0.29) is 5.54 Å². The van der Waals surface area contributed by atoms with Crippen LogP contribution in [0.5, 0.6) is 0 Å².